The van der Waals surface area contributed by atoms with Crippen molar-refractivity contribution in [1.29, 1.82) is 0 Å². The highest BCUT2D eigenvalue weighted by Crippen LogP contribution is 2.14. The van der Waals surface area contributed by atoms with E-state index in [1.165, 1.54) is 0 Å². The number of benzene rings is 1. The van der Waals surface area contributed by atoms with Gasteiger partial charge in [-0.05, 0) is 30.5 Å². The van der Waals surface area contributed by atoms with Crippen LogP contribution in [0.25, 0.3) is 0 Å². The number of methoxy groups -OCH3 is 1. The molecule has 1 atom stereocenters. The van der Waals surface area contributed by atoms with Crippen LogP contribution in [0, 0.1) is 0 Å². The van der Waals surface area contributed by atoms with Crippen LogP contribution >= 0.6 is 0 Å². The molecule has 0 radical (unpaired) electrons. The van der Waals surface area contributed by atoms with Crippen molar-refractivity contribution in [1.82, 2.24) is 10.6 Å². The van der Waals surface area contributed by atoms with E-state index in [2.05, 4.69) is 10.6 Å². The molecular formula is C16H22N2O4. The van der Waals surface area contributed by atoms with E-state index in [1.54, 1.807) is 7.11 Å². The van der Waals surface area contributed by atoms with E-state index < -0.39 is 0 Å². The van der Waals surface area contributed by atoms with Crippen LogP contribution in [0.1, 0.15) is 24.8 Å². The average molecular weight is 306 g/mol. The number of carbonyl (C=O) groups excluding carboxylic acids is 2. The van der Waals surface area contributed by atoms with Crippen molar-refractivity contribution in [2.75, 3.05) is 20.3 Å². The number of hydrogen-bond donors (Lipinski definition) is 2. The molecule has 0 saturated carbocycles. The molecule has 2 amide bonds. The first kappa shape index (κ1) is 16.3. The Kier molecular flexibility index (Phi) is 6.21. The highest BCUT2D eigenvalue weighted by molar-refractivity contribution is 5.84. The average Bonchev–Trinajstić information content (AvgIpc) is 3.04. The van der Waals surface area contributed by atoms with E-state index in [0.717, 1.165) is 30.8 Å². The van der Waals surface area contributed by atoms with Crippen LogP contribution in [0.5, 0.6) is 5.75 Å². The largest absolute Gasteiger partial charge is 0.497 e. The monoisotopic (exact) mass is 306 g/mol. The highest BCUT2D eigenvalue weighted by atomic mass is 16.5. The Labute approximate surface area is 130 Å². The minimum atomic E-state index is -0.212. The van der Waals surface area contributed by atoms with Gasteiger partial charge in [0.05, 0.1) is 26.2 Å². The second kappa shape index (κ2) is 8.38. The lowest BCUT2D eigenvalue weighted by atomic mass is 10.2. The fourth-order valence-corrected chi connectivity index (χ4v) is 2.27. The molecule has 1 aliphatic heterocycles. The Bertz CT molecular complexity index is 495. The molecular weight excluding hydrogens is 284 g/mol. The van der Waals surface area contributed by atoms with E-state index in [4.69, 9.17) is 9.47 Å². The van der Waals surface area contributed by atoms with Gasteiger partial charge in [-0.25, -0.2) is 0 Å². The number of carbonyl (C=O) groups is 2. The second-order valence-corrected chi connectivity index (χ2v) is 5.24. The summed E-state index contributed by atoms with van der Waals surface area (Å²) >= 11 is 0. The van der Waals surface area contributed by atoms with Crippen molar-refractivity contribution in [2.45, 2.75) is 31.9 Å². The van der Waals surface area contributed by atoms with Crippen molar-refractivity contribution >= 4 is 11.8 Å². The van der Waals surface area contributed by atoms with Gasteiger partial charge in [0.2, 0.25) is 11.8 Å². The predicted molar refractivity (Wildman–Crippen MR) is 81.4 cm³/mol. The topological polar surface area (TPSA) is 76.7 Å². The van der Waals surface area contributed by atoms with Crippen LogP contribution < -0.4 is 15.4 Å². The summed E-state index contributed by atoms with van der Waals surface area (Å²) in [6, 6.07) is 7.44. The second-order valence-electron chi connectivity index (χ2n) is 5.24. The van der Waals surface area contributed by atoms with E-state index in [1.807, 2.05) is 24.3 Å². The molecule has 1 heterocycles. The maximum Gasteiger partial charge on any atom is 0.239 e. The molecule has 0 bridgehead atoms. The van der Waals surface area contributed by atoms with Gasteiger partial charge < -0.3 is 20.1 Å². The number of hydrogen-bond acceptors (Lipinski definition) is 4. The van der Waals surface area contributed by atoms with Gasteiger partial charge in [0.1, 0.15) is 5.75 Å². The normalized spacial score (nSPS) is 17.0. The van der Waals surface area contributed by atoms with Gasteiger partial charge in [0.15, 0.2) is 0 Å². The number of amides is 2. The van der Waals surface area contributed by atoms with Crippen LogP contribution in [-0.4, -0.2) is 38.2 Å². The summed E-state index contributed by atoms with van der Waals surface area (Å²) in [5.41, 5.74) is 0.972. The zero-order valence-electron chi connectivity index (χ0n) is 12.8. The first-order valence-corrected chi connectivity index (χ1v) is 7.45. The maximum atomic E-state index is 11.7. The van der Waals surface area contributed by atoms with Crippen LogP contribution in [0.4, 0.5) is 0 Å². The molecule has 0 aliphatic carbocycles. The van der Waals surface area contributed by atoms with E-state index in [9.17, 15) is 9.59 Å². The summed E-state index contributed by atoms with van der Waals surface area (Å²) in [4.78, 5) is 23.4. The Balaban J connectivity index is 1.63. The summed E-state index contributed by atoms with van der Waals surface area (Å²) in [5.74, 6) is 0.416. The zero-order valence-corrected chi connectivity index (χ0v) is 12.8. The number of ether oxygens (including phenoxy) is 2. The van der Waals surface area contributed by atoms with Gasteiger partial charge in [0.25, 0.3) is 0 Å². The van der Waals surface area contributed by atoms with Crippen molar-refractivity contribution < 1.29 is 19.1 Å². The molecule has 1 aromatic rings. The zero-order chi connectivity index (χ0) is 15.8. The standard InChI is InChI=1S/C16H22N2O4/c1-21-13-6-4-12(5-7-13)10-17-16(20)11-18-15(19)9-14-3-2-8-22-14/h4-7,14H,2-3,8-11H2,1H3,(H,17,20)(H,18,19)/t14-/m0/s1. The lowest BCUT2D eigenvalue weighted by Crippen LogP contribution is -2.37. The molecule has 120 valence electrons. The molecule has 2 N–H and O–H groups in total. The summed E-state index contributed by atoms with van der Waals surface area (Å²) in [5, 5.41) is 5.37. The van der Waals surface area contributed by atoms with Gasteiger partial charge >= 0.3 is 0 Å². The number of nitrogens with one attached hydrogen (secondary N) is 2. The molecule has 1 fully saturated rings. The molecule has 2 rings (SSSR count). The molecule has 1 saturated heterocycles. The Morgan fingerprint density at radius 1 is 1.23 bits per heavy atom. The molecule has 1 aromatic carbocycles. The maximum absolute atomic E-state index is 11.7. The Hall–Kier alpha value is -2.08. The summed E-state index contributed by atoms with van der Waals surface area (Å²) in [6.07, 6.45) is 2.24. The molecule has 0 unspecified atom stereocenters. The van der Waals surface area contributed by atoms with Crippen LogP contribution in [0.3, 0.4) is 0 Å². The molecule has 0 spiro atoms. The summed E-state index contributed by atoms with van der Waals surface area (Å²) in [7, 11) is 1.61. The molecule has 0 aromatic heterocycles. The van der Waals surface area contributed by atoms with Crippen LogP contribution in [0.15, 0.2) is 24.3 Å². The smallest absolute Gasteiger partial charge is 0.239 e. The van der Waals surface area contributed by atoms with Crippen LogP contribution in [-0.2, 0) is 20.9 Å². The minimum absolute atomic E-state index is 0.00219. The molecule has 6 nitrogen and oxygen atoms in total. The Morgan fingerprint density at radius 2 is 2.00 bits per heavy atom. The summed E-state index contributed by atoms with van der Waals surface area (Å²) in [6.45, 7) is 1.13. The van der Waals surface area contributed by atoms with Gasteiger partial charge in [-0.2, -0.15) is 0 Å². The third kappa shape index (κ3) is 5.37. The predicted octanol–water partition coefficient (Wildman–Crippen LogP) is 0.997. The molecule has 1 aliphatic rings. The van der Waals surface area contributed by atoms with E-state index in [0.29, 0.717) is 13.0 Å². The fourth-order valence-electron chi connectivity index (χ4n) is 2.27. The van der Waals surface area contributed by atoms with Gasteiger partial charge in [-0.3, -0.25) is 9.59 Å². The Morgan fingerprint density at radius 3 is 2.64 bits per heavy atom. The van der Waals surface area contributed by atoms with Gasteiger partial charge in [-0.1, -0.05) is 12.1 Å². The van der Waals surface area contributed by atoms with E-state index in [-0.39, 0.29) is 24.5 Å². The van der Waals surface area contributed by atoms with Crippen molar-refractivity contribution in [3.8, 4) is 5.75 Å². The molecule has 6 heteroatoms. The van der Waals surface area contributed by atoms with Crippen molar-refractivity contribution in [3.05, 3.63) is 29.8 Å². The lowest BCUT2D eigenvalue weighted by molar-refractivity contribution is -0.127. The number of rotatable bonds is 7. The quantitative estimate of drug-likeness (QED) is 0.788. The first-order chi connectivity index (χ1) is 10.7. The minimum Gasteiger partial charge on any atom is -0.497 e. The lowest BCUT2D eigenvalue weighted by Gasteiger charge is -2.10. The van der Waals surface area contributed by atoms with Crippen LogP contribution in [0.2, 0.25) is 0 Å². The highest BCUT2D eigenvalue weighted by Gasteiger charge is 2.19. The third-order valence-corrected chi connectivity index (χ3v) is 3.53. The van der Waals surface area contributed by atoms with Gasteiger partial charge in [-0.15, -0.1) is 0 Å². The molecule has 22 heavy (non-hydrogen) atoms. The van der Waals surface area contributed by atoms with Crippen molar-refractivity contribution in [3.63, 3.8) is 0 Å². The fraction of sp³-hybridized carbons (Fsp3) is 0.500. The van der Waals surface area contributed by atoms with Crippen molar-refractivity contribution in [2.24, 2.45) is 0 Å². The van der Waals surface area contributed by atoms with E-state index >= 15 is 0 Å². The van der Waals surface area contributed by atoms with Gasteiger partial charge in [0, 0.05) is 13.2 Å². The SMILES string of the molecule is COc1ccc(CNC(=O)CNC(=O)C[C@@H]2CCCO2)cc1. The summed E-state index contributed by atoms with van der Waals surface area (Å²) < 4.78 is 10.5. The first-order valence-electron chi connectivity index (χ1n) is 7.45. The third-order valence-electron chi connectivity index (χ3n) is 3.53.